The molecule has 2 nitrogen and oxygen atoms in total. The van der Waals surface area contributed by atoms with Gasteiger partial charge in [-0.2, -0.15) is 10.2 Å². The molecule has 2 aromatic carbocycles. The Balaban J connectivity index is 1.66. The van der Waals surface area contributed by atoms with Gasteiger partial charge < -0.3 is 0 Å². The molecule has 1 aliphatic carbocycles. The molecular weight excluding hydrogens is 376 g/mol. The van der Waals surface area contributed by atoms with Crippen molar-refractivity contribution in [3.05, 3.63) is 83.9 Å². The van der Waals surface area contributed by atoms with Crippen molar-refractivity contribution in [3.8, 4) is 0 Å². The Hall–Kier alpha value is -2.48. The standard InChI is InChI=1S/C29H38N2/c1-3-5-8-12-25-15-17-26(18-16-25)23-30-31-29(27-13-9-7-10-14-27)28-21-19-24(20-22-28)11-6-4-2/h3,7,9-10,13-18,23-24,28H,1,4-6,8,11-12,19-22H2,2H3. The van der Waals surface area contributed by atoms with Gasteiger partial charge in [-0.3, -0.25) is 0 Å². The molecule has 31 heavy (non-hydrogen) atoms. The quantitative estimate of drug-likeness (QED) is 0.154. The molecule has 0 amide bonds. The summed E-state index contributed by atoms with van der Waals surface area (Å²) in [6, 6.07) is 19.3. The maximum Gasteiger partial charge on any atom is 0.0733 e. The molecule has 2 heteroatoms. The van der Waals surface area contributed by atoms with Crippen LogP contribution in [0.25, 0.3) is 0 Å². The van der Waals surface area contributed by atoms with Crippen LogP contribution in [0.15, 0.2) is 77.5 Å². The minimum atomic E-state index is 0.518. The van der Waals surface area contributed by atoms with E-state index in [0.29, 0.717) is 5.92 Å². The molecule has 0 saturated heterocycles. The number of benzene rings is 2. The topological polar surface area (TPSA) is 24.7 Å². The highest BCUT2D eigenvalue weighted by Gasteiger charge is 2.25. The third kappa shape index (κ3) is 7.61. The number of hydrogen-bond donors (Lipinski definition) is 0. The number of rotatable bonds is 11. The summed E-state index contributed by atoms with van der Waals surface area (Å²) < 4.78 is 0. The van der Waals surface area contributed by atoms with Crippen LogP contribution in [0.1, 0.15) is 81.4 Å². The van der Waals surface area contributed by atoms with E-state index in [0.717, 1.165) is 36.5 Å². The van der Waals surface area contributed by atoms with Crippen molar-refractivity contribution in [2.75, 3.05) is 0 Å². The van der Waals surface area contributed by atoms with Crippen LogP contribution < -0.4 is 0 Å². The molecule has 1 saturated carbocycles. The number of aryl methyl sites for hydroxylation is 1. The highest BCUT2D eigenvalue weighted by atomic mass is 15.2. The maximum atomic E-state index is 4.76. The normalized spacial score (nSPS) is 19.6. The van der Waals surface area contributed by atoms with E-state index in [1.165, 1.54) is 56.1 Å². The first-order chi connectivity index (χ1) is 15.3. The van der Waals surface area contributed by atoms with Gasteiger partial charge in [-0.25, -0.2) is 0 Å². The predicted molar refractivity (Wildman–Crippen MR) is 135 cm³/mol. The lowest BCUT2D eigenvalue weighted by Crippen LogP contribution is -2.22. The van der Waals surface area contributed by atoms with E-state index in [4.69, 9.17) is 5.10 Å². The summed E-state index contributed by atoms with van der Waals surface area (Å²) in [5.74, 6) is 1.42. The van der Waals surface area contributed by atoms with Crippen LogP contribution in [0.5, 0.6) is 0 Å². The van der Waals surface area contributed by atoms with E-state index < -0.39 is 0 Å². The van der Waals surface area contributed by atoms with E-state index in [-0.39, 0.29) is 0 Å². The molecule has 0 spiro atoms. The predicted octanol–water partition coefficient (Wildman–Crippen LogP) is 8.02. The smallest absolute Gasteiger partial charge is 0.0733 e. The fourth-order valence-electron chi connectivity index (χ4n) is 4.58. The van der Waals surface area contributed by atoms with Crippen molar-refractivity contribution in [2.45, 2.75) is 71.1 Å². The molecule has 0 unspecified atom stereocenters. The monoisotopic (exact) mass is 414 g/mol. The molecule has 0 bridgehead atoms. The fraction of sp³-hybridized carbons (Fsp3) is 0.448. The largest absolute Gasteiger partial charge is 0.158 e. The van der Waals surface area contributed by atoms with Crippen LogP contribution in [0, 0.1) is 11.8 Å². The molecule has 3 rings (SSSR count). The van der Waals surface area contributed by atoms with E-state index >= 15 is 0 Å². The van der Waals surface area contributed by atoms with Crippen LogP contribution in [-0.2, 0) is 6.42 Å². The van der Waals surface area contributed by atoms with Gasteiger partial charge >= 0.3 is 0 Å². The summed E-state index contributed by atoms with van der Waals surface area (Å²) in [7, 11) is 0. The second-order valence-electron chi connectivity index (χ2n) is 8.88. The molecule has 0 heterocycles. The second kappa shape index (κ2) is 13.0. The van der Waals surface area contributed by atoms with Crippen molar-refractivity contribution < 1.29 is 0 Å². The van der Waals surface area contributed by atoms with Crippen LogP contribution in [-0.4, -0.2) is 11.9 Å². The lowest BCUT2D eigenvalue weighted by molar-refractivity contribution is 0.301. The van der Waals surface area contributed by atoms with Gasteiger partial charge in [0.15, 0.2) is 0 Å². The van der Waals surface area contributed by atoms with Crippen molar-refractivity contribution in [1.82, 2.24) is 0 Å². The Labute approximate surface area is 189 Å². The molecule has 164 valence electrons. The van der Waals surface area contributed by atoms with Gasteiger partial charge in [-0.15, -0.1) is 6.58 Å². The summed E-state index contributed by atoms with van der Waals surface area (Å²) in [6.07, 6.45) is 16.4. The van der Waals surface area contributed by atoms with Crippen LogP contribution in [0.3, 0.4) is 0 Å². The third-order valence-corrected chi connectivity index (χ3v) is 6.49. The van der Waals surface area contributed by atoms with E-state index in [1.807, 2.05) is 12.3 Å². The van der Waals surface area contributed by atoms with Crippen LogP contribution in [0.2, 0.25) is 0 Å². The van der Waals surface area contributed by atoms with Gasteiger partial charge in [0.05, 0.1) is 11.9 Å². The SMILES string of the molecule is C=CCCCc1ccc(C=NN=C(c2ccccc2)C2CCC(CCCC)CC2)cc1. The number of nitrogens with zero attached hydrogens (tertiary/aromatic N) is 2. The molecule has 0 atom stereocenters. The van der Waals surface area contributed by atoms with E-state index in [9.17, 15) is 0 Å². The zero-order valence-electron chi connectivity index (χ0n) is 19.2. The molecular formula is C29H38N2. The zero-order valence-corrected chi connectivity index (χ0v) is 19.2. The first kappa shape index (κ1) is 23.2. The van der Waals surface area contributed by atoms with Crippen molar-refractivity contribution in [3.63, 3.8) is 0 Å². The maximum absolute atomic E-state index is 4.76. The molecule has 1 fully saturated rings. The van der Waals surface area contributed by atoms with Gasteiger partial charge in [0.2, 0.25) is 0 Å². The van der Waals surface area contributed by atoms with E-state index in [1.54, 1.807) is 0 Å². The Morgan fingerprint density at radius 2 is 1.71 bits per heavy atom. The lowest BCUT2D eigenvalue weighted by atomic mass is 9.76. The van der Waals surface area contributed by atoms with Gasteiger partial charge in [-0.05, 0) is 67.6 Å². The first-order valence-electron chi connectivity index (χ1n) is 12.2. The van der Waals surface area contributed by atoms with Crippen molar-refractivity contribution in [2.24, 2.45) is 22.0 Å². The molecule has 0 N–H and O–H groups in total. The number of allylic oxidation sites excluding steroid dienone is 1. The molecule has 0 radical (unpaired) electrons. The summed E-state index contributed by atoms with van der Waals surface area (Å²) in [4.78, 5) is 0. The summed E-state index contributed by atoms with van der Waals surface area (Å²) in [5, 5.41) is 9.28. The Morgan fingerprint density at radius 1 is 0.968 bits per heavy atom. The number of unbranched alkanes of at least 4 members (excludes halogenated alkanes) is 2. The Kier molecular flexibility index (Phi) is 9.76. The van der Waals surface area contributed by atoms with Gasteiger partial charge in [0.25, 0.3) is 0 Å². The third-order valence-electron chi connectivity index (χ3n) is 6.49. The van der Waals surface area contributed by atoms with Crippen LogP contribution in [0.4, 0.5) is 0 Å². The molecule has 0 aromatic heterocycles. The lowest BCUT2D eigenvalue weighted by Gasteiger charge is -2.29. The molecule has 2 aromatic rings. The van der Waals surface area contributed by atoms with Crippen molar-refractivity contribution in [1.29, 1.82) is 0 Å². The first-order valence-corrected chi connectivity index (χ1v) is 12.2. The average molecular weight is 415 g/mol. The minimum absolute atomic E-state index is 0.518. The highest BCUT2D eigenvalue weighted by molar-refractivity contribution is 6.02. The van der Waals surface area contributed by atoms with Gasteiger partial charge in [0, 0.05) is 5.92 Å². The second-order valence-corrected chi connectivity index (χ2v) is 8.88. The Morgan fingerprint density at radius 3 is 2.39 bits per heavy atom. The summed E-state index contributed by atoms with van der Waals surface area (Å²) in [5.41, 5.74) is 4.85. The minimum Gasteiger partial charge on any atom is -0.158 e. The highest BCUT2D eigenvalue weighted by Crippen LogP contribution is 2.34. The zero-order chi connectivity index (χ0) is 21.7. The van der Waals surface area contributed by atoms with Crippen molar-refractivity contribution >= 4 is 11.9 Å². The molecule has 0 aliphatic heterocycles. The van der Waals surface area contributed by atoms with Gasteiger partial charge in [-0.1, -0.05) is 86.9 Å². The number of hydrogen-bond acceptors (Lipinski definition) is 2. The van der Waals surface area contributed by atoms with Gasteiger partial charge in [0.1, 0.15) is 0 Å². The summed E-state index contributed by atoms with van der Waals surface area (Å²) >= 11 is 0. The van der Waals surface area contributed by atoms with E-state index in [2.05, 4.69) is 73.2 Å². The fourth-order valence-corrected chi connectivity index (χ4v) is 4.58. The Bertz CT molecular complexity index is 825. The summed E-state index contributed by atoms with van der Waals surface area (Å²) in [6.45, 7) is 6.09. The van der Waals surface area contributed by atoms with Crippen LogP contribution >= 0.6 is 0 Å². The average Bonchev–Trinajstić information content (AvgIpc) is 2.83. The molecule has 1 aliphatic rings.